The second kappa shape index (κ2) is 12.0. The summed E-state index contributed by atoms with van der Waals surface area (Å²) in [6.45, 7) is 9.18. The topological polar surface area (TPSA) is 79.3 Å². The number of aliphatic hydroxyl groups excluding tert-OH is 1. The molecule has 2 aliphatic rings. The molecule has 2 atom stereocenters. The Hall–Kier alpha value is -4.10. The van der Waals surface area contributed by atoms with E-state index in [1.54, 1.807) is 11.0 Å². The molecule has 2 heterocycles. The molecule has 1 fully saturated rings. The number of amides is 1. The lowest BCUT2D eigenvalue weighted by Crippen LogP contribution is -2.38. The Kier molecular flexibility index (Phi) is 8.21. The monoisotopic (exact) mass is 540 g/mol. The second-order valence-corrected chi connectivity index (χ2v) is 10.3. The van der Waals surface area contributed by atoms with Gasteiger partial charge in [0.15, 0.2) is 0 Å². The lowest BCUT2D eigenvalue weighted by atomic mass is 9.94. The van der Waals surface area contributed by atoms with Crippen molar-refractivity contribution >= 4 is 17.4 Å². The van der Waals surface area contributed by atoms with E-state index in [0.717, 1.165) is 36.4 Å². The molecule has 1 amide bonds. The molecule has 0 spiro atoms. The van der Waals surface area contributed by atoms with E-state index in [9.17, 15) is 14.7 Å². The van der Waals surface area contributed by atoms with Crippen LogP contribution in [0.25, 0.3) is 5.76 Å². The average Bonchev–Trinajstić information content (AvgIpc) is 3.47. The summed E-state index contributed by atoms with van der Waals surface area (Å²) in [4.78, 5) is 30.7. The largest absolute Gasteiger partial charge is 0.507 e. The molecule has 3 aromatic rings. The molecule has 1 N–H and O–H groups in total. The lowest BCUT2D eigenvalue weighted by Gasteiger charge is -2.28. The van der Waals surface area contributed by atoms with Gasteiger partial charge >= 0.3 is 0 Å². The molecule has 208 valence electrons. The first-order valence-electron chi connectivity index (χ1n) is 14.0. The Morgan fingerprint density at radius 3 is 2.55 bits per heavy atom. The summed E-state index contributed by atoms with van der Waals surface area (Å²) >= 11 is 0. The van der Waals surface area contributed by atoms with Crippen molar-refractivity contribution in [2.45, 2.75) is 45.9 Å². The number of ketones is 1. The Morgan fingerprint density at radius 2 is 1.80 bits per heavy atom. The number of fused-ring (bicyclic) bond motifs is 1. The van der Waals surface area contributed by atoms with E-state index in [0.29, 0.717) is 36.6 Å². The van der Waals surface area contributed by atoms with Crippen LogP contribution in [0.4, 0.5) is 0 Å². The highest BCUT2D eigenvalue weighted by Crippen LogP contribution is 2.41. The molecule has 0 unspecified atom stereocenters. The standard InChI is InChI=1S/C33H36N2O5/c1-4-34(5-2)16-17-35-30(24-12-9-13-27(20-24)39-21-23-10-7-6-8-11-23)29(32(37)33(35)38)31(36)25-14-15-28-26(19-25)18-22(3)40-28/h6-15,19-20,22,30,36H,4-5,16-18,21H2,1-3H3/t22-,30-/m0/s1. The number of nitrogens with zero attached hydrogens (tertiary/aromatic N) is 2. The minimum atomic E-state index is -0.737. The van der Waals surface area contributed by atoms with E-state index >= 15 is 0 Å². The van der Waals surface area contributed by atoms with Crippen molar-refractivity contribution in [1.82, 2.24) is 9.80 Å². The molecular formula is C33H36N2O5. The van der Waals surface area contributed by atoms with Gasteiger partial charge in [-0.1, -0.05) is 56.3 Å². The number of likely N-dealkylation sites (N-methyl/N-ethyl adjacent to an activating group) is 1. The molecule has 1 saturated heterocycles. The summed E-state index contributed by atoms with van der Waals surface area (Å²) in [5.41, 5.74) is 3.31. The average molecular weight is 541 g/mol. The van der Waals surface area contributed by atoms with Gasteiger partial charge in [-0.2, -0.15) is 0 Å². The molecule has 7 nitrogen and oxygen atoms in total. The Morgan fingerprint density at radius 1 is 1.02 bits per heavy atom. The Bertz CT molecular complexity index is 1410. The van der Waals surface area contributed by atoms with Gasteiger partial charge in [0.05, 0.1) is 11.6 Å². The molecule has 2 aliphatic heterocycles. The zero-order chi connectivity index (χ0) is 28.2. The van der Waals surface area contributed by atoms with E-state index in [1.807, 2.05) is 73.7 Å². The number of aliphatic hydroxyl groups is 1. The van der Waals surface area contributed by atoms with Gasteiger partial charge < -0.3 is 24.4 Å². The third-order valence-electron chi connectivity index (χ3n) is 7.68. The van der Waals surface area contributed by atoms with E-state index in [-0.39, 0.29) is 17.4 Å². The van der Waals surface area contributed by atoms with Gasteiger partial charge in [-0.15, -0.1) is 0 Å². The maximum absolute atomic E-state index is 13.5. The van der Waals surface area contributed by atoms with Crippen molar-refractivity contribution in [3.8, 4) is 11.5 Å². The van der Waals surface area contributed by atoms with Crippen LogP contribution in [-0.2, 0) is 22.6 Å². The number of carbonyl (C=O) groups excluding carboxylic acids is 2. The summed E-state index contributed by atoms with van der Waals surface area (Å²) in [6, 6.07) is 22.0. The molecule has 7 heteroatoms. The summed E-state index contributed by atoms with van der Waals surface area (Å²) in [5.74, 6) is -0.0512. The molecule has 3 aromatic carbocycles. The number of likely N-dealkylation sites (tertiary alicyclic amines) is 1. The van der Waals surface area contributed by atoms with Crippen LogP contribution in [0.1, 0.15) is 49.1 Å². The quantitative estimate of drug-likeness (QED) is 0.212. The van der Waals surface area contributed by atoms with Crippen LogP contribution in [0.3, 0.4) is 0 Å². The highest BCUT2D eigenvalue weighted by molar-refractivity contribution is 6.46. The summed E-state index contributed by atoms with van der Waals surface area (Å²) in [6.07, 6.45) is 0.774. The smallest absolute Gasteiger partial charge is 0.295 e. The third kappa shape index (κ3) is 5.61. The number of ether oxygens (including phenoxy) is 2. The SMILES string of the molecule is CCN(CC)CCN1C(=O)C(=O)C(=C(O)c2ccc3c(c2)C[C@H](C)O3)[C@@H]1c1cccc(OCc2ccccc2)c1. The van der Waals surface area contributed by atoms with Crippen molar-refractivity contribution in [3.63, 3.8) is 0 Å². The predicted octanol–water partition coefficient (Wildman–Crippen LogP) is 5.35. The minimum Gasteiger partial charge on any atom is -0.507 e. The van der Waals surface area contributed by atoms with Crippen LogP contribution in [0.5, 0.6) is 11.5 Å². The molecule has 40 heavy (non-hydrogen) atoms. The van der Waals surface area contributed by atoms with Gasteiger partial charge in [-0.25, -0.2) is 0 Å². The molecule has 0 aliphatic carbocycles. The minimum absolute atomic E-state index is 0.0525. The first-order chi connectivity index (χ1) is 19.4. The van der Waals surface area contributed by atoms with Crippen LogP contribution in [0.15, 0.2) is 78.4 Å². The third-order valence-corrected chi connectivity index (χ3v) is 7.68. The highest BCUT2D eigenvalue weighted by atomic mass is 16.5. The first kappa shape index (κ1) is 27.5. The normalized spacial score (nSPS) is 19.6. The summed E-state index contributed by atoms with van der Waals surface area (Å²) in [7, 11) is 0. The van der Waals surface area contributed by atoms with Gasteiger partial charge in [-0.3, -0.25) is 9.59 Å². The van der Waals surface area contributed by atoms with Gasteiger partial charge in [0, 0.05) is 25.1 Å². The Balaban J connectivity index is 1.53. The molecule has 0 radical (unpaired) electrons. The fourth-order valence-electron chi connectivity index (χ4n) is 5.49. The molecular weight excluding hydrogens is 504 g/mol. The Labute approximate surface area is 235 Å². The predicted molar refractivity (Wildman–Crippen MR) is 154 cm³/mol. The van der Waals surface area contributed by atoms with Crippen LogP contribution in [-0.4, -0.2) is 58.9 Å². The van der Waals surface area contributed by atoms with E-state index in [4.69, 9.17) is 9.47 Å². The number of Topliss-reactive ketones (excluding diaryl/α,β-unsaturated/α-hetero) is 1. The molecule has 0 aromatic heterocycles. The number of hydrogen-bond acceptors (Lipinski definition) is 6. The zero-order valence-electron chi connectivity index (χ0n) is 23.3. The van der Waals surface area contributed by atoms with Crippen LogP contribution in [0, 0.1) is 0 Å². The number of rotatable bonds is 10. The molecule has 5 rings (SSSR count). The fourth-order valence-corrected chi connectivity index (χ4v) is 5.49. The van der Waals surface area contributed by atoms with Gasteiger partial charge in [0.2, 0.25) is 0 Å². The van der Waals surface area contributed by atoms with E-state index in [2.05, 4.69) is 18.7 Å². The molecule has 0 saturated carbocycles. The lowest BCUT2D eigenvalue weighted by molar-refractivity contribution is -0.140. The van der Waals surface area contributed by atoms with Crippen molar-refractivity contribution in [3.05, 3.63) is 101 Å². The summed E-state index contributed by atoms with van der Waals surface area (Å²) < 4.78 is 11.9. The van der Waals surface area contributed by atoms with Crippen LogP contribution >= 0.6 is 0 Å². The zero-order valence-corrected chi connectivity index (χ0v) is 23.3. The maximum Gasteiger partial charge on any atom is 0.295 e. The van der Waals surface area contributed by atoms with Crippen molar-refractivity contribution < 1.29 is 24.2 Å². The maximum atomic E-state index is 13.5. The van der Waals surface area contributed by atoms with Crippen LogP contribution in [0.2, 0.25) is 0 Å². The van der Waals surface area contributed by atoms with Gasteiger partial charge in [0.1, 0.15) is 30.0 Å². The van der Waals surface area contributed by atoms with Gasteiger partial charge in [0.25, 0.3) is 11.7 Å². The number of benzene rings is 3. The van der Waals surface area contributed by atoms with Crippen molar-refractivity contribution in [1.29, 1.82) is 0 Å². The van der Waals surface area contributed by atoms with Crippen molar-refractivity contribution in [2.24, 2.45) is 0 Å². The second-order valence-electron chi connectivity index (χ2n) is 10.3. The van der Waals surface area contributed by atoms with Gasteiger partial charge in [-0.05, 0) is 67.0 Å². The number of hydrogen-bond donors (Lipinski definition) is 1. The number of carbonyl (C=O) groups is 2. The van der Waals surface area contributed by atoms with Crippen molar-refractivity contribution in [2.75, 3.05) is 26.2 Å². The van der Waals surface area contributed by atoms with E-state index in [1.165, 1.54) is 0 Å². The van der Waals surface area contributed by atoms with E-state index < -0.39 is 17.7 Å². The van der Waals surface area contributed by atoms with Crippen LogP contribution < -0.4 is 9.47 Å². The summed E-state index contributed by atoms with van der Waals surface area (Å²) in [5, 5.41) is 11.5. The fraction of sp³-hybridized carbons (Fsp3) is 0.333. The molecule has 0 bridgehead atoms. The highest BCUT2D eigenvalue weighted by Gasteiger charge is 2.46. The first-order valence-corrected chi connectivity index (χ1v) is 14.0.